The minimum atomic E-state index is -3.97. The van der Waals surface area contributed by atoms with Crippen LogP contribution in [0.5, 0.6) is 0 Å². The standard InChI is InChI=1S/C27H21.C22H19.2CH3.2ClH.H2Si.Zr/c1-19-14-15-25(24-13-7-11-22-10-5-6-12-23(22)24)27-18-21(17-26(19)27)16-20-8-3-2-4-9-20;1-15(2)18-13-17-9-6-12-21(22(17)14-18)20-11-5-8-16-7-3-4-10-19(16)20;;;;;;/h2-15,17-18H,16H2,1H3;3-15H,1-2H3;2*1H3;2*1H;1H2;. The number of halogens is 2. The van der Waals surface area contributed by atoms with Crippen LogP contribution in [0, 0.1) is 12.8 Å². The molecule has 9 rings (SSSR count). The van der Waals surface area contributed by atoms with E-state index in [1.54, 1.807) is 22.3 Å². The van der Waals surface area contributed by atoms with Gasteiger partial charge in [0, 0.05) is 0 Å². The van der Waals surface area contributed by atoms with Crippen molar-refractivity contribution < 1.29 is 17.4 Å². The molecule has 276 valence electrons. The third-order valence-electron chi connectivity index (χ3n) is 12.6. The van der Waals surface area contributed by atoms with E-state index in [4.69, 9.17) is 0 Å². The zero-order valence-corrected chi connectivity index (χ0v) is 38.0. The molecule has 0 nitrogen and oxygen atoms in total. The van der Waals surface area contributed by atoms with Gasteiger partial charge in [0.1, 0.15) is 0 Å². The number of hydrogen-bond donors (Lipinski definition) is 0. The molecule has 2 atom stereocenters. The van der Waals surface area contributed by atoms with Gasteiger partial charge in [-0.3, -0.25) is 0 Å². The van der Waals surface area contributed by atoms with Crippen LogP contribution < -0.4 is 0 Å². The van der Waals surface area contributed by atoms with E-state index < -0.39 is 17.4 Å². The van der Waals surface area contributed by atoms with Crippen molar-refractivity contribution in [1.29, 1.82) is 0 Å². The molecule has 0 aliphatic heterocycles. The molecule has 0 N–H and O–H groups in total. The van der Waals surface area contributed by atoms with Crippen LogP contribution >= 0.6 is 24.8 Å². The Labute approximate surface area is 342 Å². The predicted molar refractivity (Wildman–Crippen MR) is 245 cm³/mol. The van der Waals surface area contributed by atoms with Crippen molar-refractivity contribution in [3.63, 3.8) is 0 Å². The minimum Gasteiger partial charge on any atom is -0.147 e. The molecule has 0 heterocycles. The molecule has 0 radical (unpaired) electrons. The van der Waals surface area contributed by atoms with Crippen LogP contribution in [0.1, 0.15) is 54.5 Å². The first-order chi connectivity index (χ1) is 25.6. The van der Waals surface area contributed by atoms with Crippen molar-refractivity contribution in [1.82, 2.24) is 0 Å². The Morgan fingerprint density at radius 2 is 1.07 bits per heavy atom. The van der Waals surface area contributed by atoms with Crippen molar-refractivity contribution in [3.05, 3.63) is 190 Å². The van der Waals surface area contributed by atoms with Crippen molar-refractivity contribution >= 4 is 65.4 Å². The average molecular weight is 853 g/mol. The van der Waals surface area contributed by atoms with Gasteiger partial charge in [0.05, 0.1) is 0 Å². The predicted octanol–water partition coefficient (Wildman–Crippen LogP) is 14.3. The van der Waals surface area contributed by atoms with Gasteiger partial charge < -0.3 is 0 Å². The van der Waals surface area contributed by atoms with E-state index in [1.165, 1.54) is 66.1 Å². The average Bonchev–Trinajstić information content (AvgIpc) is 3.77. The molecule has 2 aliphatic carbocycles. The fourth-order valence-electron chi connectivity index (χ4n) is 10.3. The molecule has 7 aromatic carbocycles. The summed E-state index contributed by atoms with van der Waals surface area (Å²) >= 11 is -3.97. The smallest absolute Gasteiger partial charge is 0.147 e. The monoisotopic (exact) mass is 850 g/mol. The zero-order valence-electron chi connectivity index (χ0n) is 32.5. The molecule has 4 heteroatoms. The number of aryl methyl sites for hydroxylation is 1. The van der Waals surface area contributed by atoms with Crippen LogP contribution in [0.2, 0.25) is 9.26 Å². The molecule has 0 amide bonds. The maximum atomic E-state index is 2.81. The Hall–Kier alpha value is -3.78. The molecule has 7 aromatic rings. The molecular weight excluding hydrogens is 803 g/mol. The van der Waals surface area contributed by atoms with E-state index in [1.807, 2.05) is 0 Å². The van der Waals surface area contributed by atoms with Gasteiger partial charge in [0.15, 0.2) is 0 Å². The Morgan fingerprint density at radius 3 is 1.69 bits per heavy atom. The van der Waals surface area contributed by atoms with Crippen molar-refractivity contribution in [3.8, 4) is 22.3 Å². The van der Waals surface area contributed by atoms with Gasteiger partial charge in [-0.1, -0.05) is 0 Å². The van der Waals surface area contributed by atoms with Crippen molar-refractivity contribution in [2.45, 2.75) is 43.7 Å². The Morgan fingerprint density at radius 1 is 0.545 bits per heavy atom. The first-order valence-electron chi connectivity index (χ1n) is 19.3. The van der Waals surface area contributed by atoms with Gasteiger partial charge in [-0.15, -0.1) is 24.8 Å². The van der Waals surface area contributed by atoms with Gasteiger partial charge in [0.2, 0.25) is 0 Å². The van der Waals surface area contributed by atoms with E-state index in [-0.39, 0.29) is 24.8 Å². The number of fused-ring (bicyclic) bond motifs is 4. The summed E-state index contributed by atoms with van der Waals surface area (Å²) in [5.74, 6) is 0.454. The molecule has 0 aromatic heterocycles. The SMILES string of the molecule is Cc1ccc(-c2cccc3ccccc23)c2c1[CH]([Zr]([CH3])([CH3])(=[SiH2])[CH]1C(C(C)C)=Cc3c(-c4cccc5ccccc45)cccc31)C(Cc1ccccc1)=C2.Cl.Cl. The number of rotatable bonds is 7. The molecule has 0 fully saturated rings. The summed E-state index contributed by atoms with van der Waals surface area (Å²) in [6.07, 6.45) is 6.26. The summed E-state index contributed by atoms with van der Waals surface area (Å²) in [5.41, 5.74) is 17.5. The fraction of sp³-hybridized carbons (Fsp3) is 0.176. The maximum absolute atomic E-state index is 3.97. The fourth-order valence-corrected chi connectivity index (χ4v) is 30.2. The van der Waals surface area contributed by atoms with Crippen molar-refractivity contribution in [2.24, 2.45) is 5.92 Å². The van der Waals surface area contributed by atoms with Crippen LogP contribution in [0.15, 0.2) is 157 Å². The molecule has 0 bridgehead atoms. The molecule has 55 heavy (non-hydrogen) atoms. The third-order valence-corrected chi connectivity index (χ3v) is 29.9. The number of allylic oxidation sites excluding steroid dienone is 2. The van der Waals surface area contributed by atoms with E-state index in [0.29, 0.717) is 13.2 Å². The first kappa shape index (κ1) is 39.5. The minimum absolute atomic E-state index is 0. The second-order valence-electron chi connectivity index (χ2n) is 17.1. The molecule has 2 aliphatic rings. The van der Waals surface area contributed by atoms with Gasteiger partial charge in [0.25, 0.3) is 0 Å². The Kier molecular flexibility index (Phi) is 10.7. The van der Waals surface area contributed by atoms with Gasteiger partial charge in [-0.25, -0.2) is 0 Å². The molecular formula is C51H50Cl2SiZr. The quantitative estimate of drug-likeness (QED) is 0.140. The van der Waals surface area contributed by atoms with Crippen LogP contribution in [-0.2, 0) is 23.8 Å². The van der Waals surface area contributed by atoms with Gasteiger partial charge in [-0.05, 0) is 0 Å². The second kappa shape index (κ2) is 14.9. The Bertz CT molecular complexity index is 2720. The summed E-state index contributed by atoms with van der Waals surface area (Å²) in [6, 6.07) is 54.7. The third kappa shape index (κ3) is 6.58. The topological polar surface area (TPSA) is 0 Å². The van der Waals surface area contributed by atoms with Gasteiger partial charge in [-0.2, -0.15) is 0 Å². The Balaban J connectivity index is 0.00000233. The first-order valence-corrected chi connectivity index (χ1v) is 33.0. The molecule has 2 unspecified atom stereocenters. The van der Waals surface area contributed by atoms with E-state index >= 15 is 0 Å². The van der Waals surface area contributed by atoms with Crippen LogP contribution in [0.25, 0.3) is 56.0 Å². The maximum Gasteiger partial charge on any atom is -0.147 e. The summed E-state index contributed by atoms with van der Waals surface area (Å²) in [7, 11) is 0. The molecule has 0 saturated heterocycles. The van der Waals surface area contributed by atoms with E-state index in [2.05, 4.69) is 195 Å². The summed E-state index contributed by atoms with van der Waals surface area (Å²) in [6.45, 7) is 9.73. The van der Waals surface area contributed by atoms with Crippen LogP contribution in [0.4, 0.5) is 0 Å². The van der Waals surface area contributed by atoms with Crippen molar-refractivity contribution in [2.75, 3.05) is 0 Å². The summed E-state index contributed by atoms with van der Waals surface area (Å²) < 4.78 is 6.47. The number of hydrogen-bond acceptors (Lipinski definition) is 0. The van der Waals surface area contributed by atoms with Crippen LogP contribution in [0.3, 0.4) is 0 Å². The van der Waals surface area contributed by atoms with E-state index in [9.17, 15) is 0 Å². The normalized spacial score (nSPS) is 16.3. The molecule has 0 saturated carbocycles. The van der Waals surface area contributed by atoms with Gasteiger partial charge >= 0.3 is 320 Å². The zero-order chi connectivity index (χ0) is 36.5. The summed E-state index contributed by atoms with van der Waals surface area (Å²) in [5, 5.41) is 5.26. The summed E-state index contributed by atoms with van der Waals surface area (Å²) in [4.78, 5) is 0. The van der Waals surface area contributed by atoms with E-state index in [0.717, 1.165) is 6.42 Å². The number of benzene rings is 7. The van der Waals surface area contributed by atoms with Crippen LogP contribution in [-0.4, -0.2) is 6.88 Å². The molecule has 0 spiro atoms. The largest absolute Gasteiger partial charge is 0.147 e. The second-order valence-corrected chi connectivity index (χ2v) is 47.6.